The standard InChI is InChI=1S/C30H38Cl2F2N4O2/c1-2-21(22-6-4-3-5-7-22)20-38-15-10-24(19-35-28(39)23-8-9-25(31)26(32)18-23)36-27(29(38)40)11-14-37-16-12-30(33,34)13-17-37/h3-9,18,21,24,27,36H,2,10-17,19-20H2,1H3,(H,35,39)/t21?,24-,27-/m0/s1. The maximum atomic E-state index is 13.8. The SMILES string of the molecule is CCC(CN1CC[C@@H](CNC(=O)c2ccc(Cl)c(Cl)c2)N[C@@H](CCN2CCC(F)(F)CC2)C1=O)c1ccccc1. The molecule has 0 bridgehead atoms. The van der Waals surface area contributed by atoms with Crippen LogP contribution in [0, 0.1) is 0 Å². The molecule has 2 saturated heterocycles. The number of hydrogen-bond donors (Lipinski definition) is 2. The predicted octanol–water partition coefficient (Wildman–Crippen LogP) is 5.60. The van der Waals surface area contributed by atoms with Gasteiger partial charge in [0.1, 0.15) is 0 Å². The van der Waals surface area contributed by atoms with Gasteiger partial charge in [0, 0.05) is 69.6 Å². The topological polar surface area (TPSA) is 64.7 Å². The summed E-state index contributed by atoms with van der Waals surface area (Å²) in [7, 11) is 0. The van der Waals surface area contributed by atoms with Gasteiger partial charge in [0.2, 0.25) is 5.91 Å². The van der Waals surface area contributed by atoms with E-state index in [2.05, 4.69) is 29.7 Å². The van der Waals surface area contributed by atoms with Crippen molar-refractivity contribution in [1.29, 1.82) is 0 Å². The fraction of sp³-hybridized carbons (Fsp3) is 0.533. The molecule has 2 aliphatic heterocycles. The Morgan fingerprint density at radius 3 is 2.50 bits per heavy atom. The minimum Gasteiger partial charge on any atom is -0.350 e. The number of benzene rings is 2. The Balaban J connectivity index is 1.43. The third-order valence-corrected chi connectivity index (χ3v) is 8.75. The van der Waals surface area contributed by atoms with Gasteiger partial charge in [0.15, 0.2) is 0 Å². The molecule has 0 radical (unpaired) electrons. The fourth-order valence-corrected chi connectivity index (χ4v) is 5.76. The minimum absolute atomic E-state index is 0.0232. The second-order valence-electron chi connectivity index (χ2n) is 10.8. The maximum absolute atomic E-state index is 13.8. The van der Waals surface area contributed by atoms with Crippen molar-refractivity contribution in [3.8, 4) is 0 Å². The van der Waals surface area contributed by atoms with E-state index in [0.717, 1.165) is 6.42 Å². The zero-order valence-corrected chi connectivity index (χ0v) is 24.4. The van der Waals surface area contributed by atoms with Crippen molar-refractivity contribution in [2.24, 2.45) is 0 Å². The molecule has 40 heavy (non-hydrogen) atoms. The van der Waals surface area contributed by atoms with Crippen LogP contribution in [0.4, 0.5) is 8.78 Å². The van der Waals surface area contributed by atoms with Crippen LogP contribution in [0.15, 0.2) is 48.5 Å². The van der Waals surface area contributed by atoms with Gasteiger partial charge in [0.25, 0.3) is 11.8 Å². The molecular weight excluding hydrogens is 557 g/mol. The predicted molar refractivity (Wildman–Crippen MR) is 155 cm³/mol. The monoisotopic (exact) mass is 594 g/mol. The average Bonchev–Trinajstić information content (AvgIpc) is 3.09. The number of carbonyl (C=O) groups excluding carboxylic acids is 2. The molecule has 3 atom stereocenters. The van der Waals surface area contributed by atoms with E-state index in [9.17, 15) is 18.4 Å². The van der Waals surface area contributed by atoms with Crippen LogP contribution in [0.5, 0.6) is 0 Å². The summed E-state index contributed by atoms with van der Waals surface area (Å²) in [5.41, 5.74) is 1.61. The van der Waals surface area contributed by atoms with E-state index in [4.69, 9.17) is 23.2 Å². The van der Waals surface area contributed by atoms with Crippen molar-refractivity contribution in [1.82, 2.24) is 20.4 Å². The summed E-state index contributed by atoms with van der Waals surface area (Å²) in [5, 5.41) is 7.13. The van der Waals surface area contributed by atoms with Crippen LogP contribution in [0.3, 0.4) is 0 Å². The third-order valence-electron chi connectivity index (χ3n) is 8.01. The lowest BCUT2D eigenvalue weighted by molar-refractivity contribution is -0.133. The van der Waals surface area contributed by atoms with Gasteiger partial charge in [-0.2, -0.15) is 0 Å². The molecule has 2 N–H and O–H groups in total. The van der Waals surface area contributed by atoms with E-state index in [0.29, 0.717) is 67.7 Å². The van der Waals surface area contributed by atoms with Crippen molar-refractivity contribution in [3.63, 3.8) is 0 Å². The summed E-state index contributed by atoms with van der Waals surface area (Å²) in [4.78, 5) is 30.5. The number of alkyl halides is 2. The molecule has 0 aromatic heterocycles. The minimum atomic E-state index is -2.60. The zero-order valence-electron chi connectivity index (χ0n) is 22.9. The molecule has 2 amide bonds. The Kier molecular flexibility index (Phi) is 10.8. The van der Waals surface area contributed by atoms with E-state index in [1.165, 1.54) is 11.6 Å². The van der Waals surface area contributed by atoms with E-state index in [1.807, 2.05) is 28.0 Å². The van der Waals surface area contributed by atoms with Crippen molar-refractivity contribution >= 4 is 35.0 Å². The first-order chi connectivity index (χ1) is 19.1. The molecule has 2 heterocycles. The fourth-order valence-electron chi connectivity index (χ4n) is 5.46. The lowest BCUT2D eigenvalue weighted by Gasteiger charge is -2.33. The van der Waals surface area contributed by atoms with Gasteiger partial charge in [-0.3, -0.25) is 9.59 Å². The largest absolute Gasteiger partial charge is 0.350 e. The van der Waals surface area contributed by atoms with Gasteiger partial charge in [-0.1, -0.05) is 60.5 Å². The van der Waals surface area contributed by atoms with Crippen molar-refractivity contribution < 1.29 is 18.4 Å². The van der Waals surface area contributed by atoms with E-state index in [-0.39, 0.29) is 36.6 Å². The summed E-state index contributed by atoms with van der Waals surface area (Å²) in [5.74, 6) is -2.64. The molecule has 0 saturated carbocycles. The Hall–Kier alpha value is -2.26. The molecule has 218 valence electrons. The molecule has 2 aromatic rings. The Bertz CT molecular complexity index is 1140. The number of nitrogens with one attached hydrogen (secondary N) is 2. The Morgan fingerprint density at radius 2 is 1.82 bits per heavy atom. The number of nitrogens with zero attached hydrogens (tertiary/aromatic N) is 2. The molecule has 1 unspecified atom stereocenters. The van der Waals surface area contributed by atoms with Crippen molar-refractivity contribution in [2.75, 3.05) is 39.3 Å². The zero-order chi connectivity index (χ0) is 28.7. The highest BCUT2D eigenvalue weighted by Crippen LogP contribution is 2.28. The summed E-state index contributed by atoms with van der Waals surface area (Å²) < 4.78 is 27.3. The second kappa shape index (κ2) is 14.1. The summed E-state index contributed by atoms with van der Waals surface area (Å²) in [6.07, 6.45) is 1.79. The summed E-state index contributed by atoms with van der Waals surface area (Å²) in [6, 6.07) is 14.3. The quantitative estimate of drug-likeness (QED) is 0.376. The molecule has 10 heteroatoms. The smallest absolute Gasteiger partial charge is 0.251 e. The third kappa shape index (κ3) is 8.38. The van der Waals surface area contributed by atoms with Crippen LogP contribution in [0.1, 0.15) is 60.9 Å². The highest BCUT2D eigenvalue weighted by Gasteiger charge is 2.36. The molecule has 2 aliphatic rings. The van der Waals surface area contributed by atoms with Gasteiger partial charge < -0.3 is 20.4 Å². The lowest BCUT2D eigenvalue weighted by atomic mass is 9.95. The summed E-state index contributed by atoms with van der Waals surface area (Å²) >= 11 is 12.1. The summed E-state index contributed by atoms with van der Waals surface area (Å²) in [6.45, 7) is 4.85. The van der Waals surface area contributed by atoms with Crippen LogP contribution in [0.25, 0.3) is 0 Å². The molecule has 0 spiro atoms. The van der Waals surface area contributed by atoms with Crippen LogP contribution in [-0.2, 0) is 4.79 Å². The number of carbonyl (C=O) groups is 2. The van der Waals surface area contributed by atoms with Crippen LogP contribution in [-0.4, -0.2) is 78.9 Å². The van der Waals surface area contributed by atoms with E-state index in [1.54, 1.807) is 12.1 Å². The highest BCUT2D eigenvalue weighted by atomic mass is 35.5. The molecule has 4 rings (SSSR count). The maximum Gasteiger partial charge on any atom is 0.251 e. The Labute approximate surface area is 245 Å². The average molecular weight is 596 g/mol. The number of rotatable bonds is 10. The molecule has 2 fully saturated rings. The van der Waals surface area contributed by atoms with Gasteiger partial charge in [-0.15, -0.1) is 0 Å². The number of amides is 2. The van der Waals surface area contributed by atoms with E-state index >= 15 is 0 Å². The van der Waals surface area contributed by atoms with Crippen LogP contribution < -0.4 is 10.6 Å². The lowest BCUT2D eigenvalue weighted by Crippen LogP contribution is -2.51. The van der Waals surface area contributed by atoms with Crippen molar-refractivity contribution in [3.05, 3.63) is 69.7 Å². The number of piperidine rings is 1. The number of likely N-dealkylation sites (tertiary alicyclic amines) is 1. The highest BCUT2D eigenvalue weighted by molar-refractivity contribution is 6.42. The first-order valence-corrected chi connectivity index (χ1v) is 14.8. The first-order valence-electron chi connectivity index (χ1n) is 14.1. The van der Waals surface area contributed by atoms with Crippen LogP contribution in [0.2, 0.25) is 10.0 Å². The normalized spacial score (nSPS) is 22.5. The van der Waals surface area contributed by atoms with Crippen LogP contribution >= 0.6 is 23.2 Å². The molecule has 0 aliphatic carbocycles. The van der Waals surface area contributed by atoms with E-state index < -0.39 is 12.0 Å². The first kappa shape index (κ1) is 30.7. The van der Waals surface area contributed by atoms with Gasteiger partial charge >= 0.3 is 0 Å². The molecule has 6 nitrogen and oxygen atoms in total. The molecular formula is C30H38Cl2F2N4O2. The molecule has 2 aromatic carbocycles. The Morgan fingerprint density at radius 1 is 1.10 bits per heavy atom. The van der Waals surface area contributed by atoms with Crippen molar-refractivity contribution in [2.45, 2.75) is 63.0 Å². The second-order valence-corrected chi connectivity index (χ2v) is 11.6. The number of hydrogen-bond acceptors (Lipinski definition) is 4. The van der Waals surface area contributed by atoms with Gasteiger partial charge in [-0.05, 0) is 43.0 Å². The van der Waals surface area contributed by atoms with Gasteiger partial charge in [0.05, 0.1) is 16.1 Å². The van der Waals surface area contributed by atoms with Gasteiger partial charge in [-0.25, -0.2) is 8.78 Å². The number of halogens is 4.